The van der Waals surface area contributed by atoms with Crippen LogP contribution in [0.1, 0.15) is 15.9 Å². The summed E-state index contributed by atoms with van der Waals surface area (Å²) >= 11 is 23.0. The zero-order valence-electron chi connectivity index (χ0n) is 13.6. The molecule has 0 bridgehead atoms. The minimum absolute atomic E-state index is 0.00544. The number of hydrogen-bond acceptors (Lipinski definition) is 3. The van der Waals surface area contributed by atoms with Gasteiger partial charge in [-0.05, 0) is 43.4 Å². The molecule has 2 rings (SSSR count). The van der Waals surface area contributed by atoms with Crippen LogP contribution >= 0.6 is 47.0 Å². The Labute approximate surface area is 171 Å². The molecule has 0 heterocycles. The Balaban J connectivity index is 2.09. The fourth-order valence-corrected chi connectivity index (χ4v) is 2.62. The molecule has 1 atom stereocenters. The second-order valence-corrected chi connectivity index (χ2v) is 8.21. The Hall–Kier alpha value is -1.73. The van der Waals surface area contributed by atoms with Crippen LogP contribution in [-0.4, -0.2) is 26.1 Å². The number of thiocarbonyl (C=S) groups is 1. The van der Waals surface area contributed by atoms with Crippen molar-refractivity contribution in [3.8, 4) is 5.75 Å². The maximum Gasteiger partial charge on any atom is 0.252 e. The molecule has 0 aliphatic carbocycles. The molecule has 2 aromatic rings. The number of amides is 1. The second kappa shape index (κ2) is 8.77. The number of nitrogens with one attached hydrogen (secondary N) is 3. The molecular weight excluding hydrogens is 417 g/mol. The van der Waals surface area contributed by atoms with Gasteiger partial charge in [0.2, 0.25) is 3.79 Å². The summed E-state index contributed by atoms with van der Waals surface area (Å²) < 4.78 is -1.87. The van der Waals surface area contributed by atoms with Crippen LogP contribution in [0.5, 0.6) is 5.75 Å². The molecule has 0 saturated heterocycles. The Bertz CT molecular complexity index is 812. The van der Waals surface area contributed by atoms with Gasteiger partial charge in [0.1, 0.15) is 11.9 Å². The van der Waals surface area contributed by atoms with E-state index in [0.717, 1.165) is 5.56 Å². The number of phenolic OH excluding ortho intramolecular Hbond substituents is 1. The van der Waals surface area contributed by atoms with Crippen LogP contribution in [0.3, 0.4) is 0 Å². The summed E-state index contributed by atoms with van der Waals surface area (Å²) in [4.78, 5) is 12.4. The number of aromatic hydroxyl groups is 1. The molecule has 4 N–H and O–H groups in total. The van der Waals surface area contributed by atoms with Gasteiger partial charge in [-0.15, -0.1) is 0 Å². The van der Waals surface area contributed by atoms with E-state index in [4.69, 9.17) is 47.0 Å². The SMILES string of the molecule is Cc1cccc(C(=O)N[C@@H](NC(=S)Nc2ccccc2O)C(Cl)(Cl)Cl)c1. The molecule has 0 saturated carbocycles. The van der Waals surface area contributed by atoms with Crippen LogP contribution in [0.4, 0.5) is 5.69 Å². The summed E-state index contributed by atoms with van der Waals surface area (Å²) in [7, 11) is 0. The predicted octanol–water partition coefficient (Wildman–Crippen LogP) is 4.11. The highest BCUT2D eigenvalue weighted by molar-refractivity contribution is 7.80. The summed E-state index contributed by atoms with van der Waals surface area (Å²) in [5, 5.41) is 17.9. The van der Waals surface area contributed by atoms with Crippen molar-refractivity contribution in [2.24, 2.45) is 0 Å². The van der Waals surface area contributed by atoms with Gasteiger partial charge in [-0.1, -0.05) is 64.6 Å². The number of carbonyl (C=O) groups is 1. The molecule has 138 valence electrons. The van der Waals surface area contributed by atoms with E-state index in [2.05, 4.69) is 16.0 Å². The molecule has 0 radical (unpaired) electrons. The highest BCUT2D eigenvalue weighted by Gasteiger charge is 2.35. The first kappa shape index (κ1) is 20.6. The van der Waals surface area contributed by atoms with Gasteiger partial charge in [-0.2, -0.15) is 0 Å². The van der Waals surface area contributed by atoms with E-state index in [1.54, 1.807) is 36.4 Å². The lowest BCUT2D eigenvalue weighted by Crippen LogP contribution is -2.56. The number of hydrogen-bond donors (Lipinski definition) is 4. The van der Waals surface area contributed by atoms with Crippen molar-refractivity contribution >= 4 is 63.7 Å². The molecule has 5 nitrogen and oxygen atoms in total. The smallest absolute Gasteiger partial charge is 0.252 e. The number of carbonyl (C=O) groups excluding carboxylic acids is 1. The number of para-hydroxylation sites is 2. The summed E-state index contributed by atoms with van der Waals surface area (Å²) in [6.07, 6.45) is -1.11. The monoisotopic (exact) mass is 431 g/mol. The summed E-state index contributed by atoms with van der Waals surface area (Å²) in [5.74, 6) is -0.422. The molecule has 1 amide bonds. The van der Waals surface area contributed by atoms with E-state index in [0.29, 0.717) is 11.3 Å². The van der Waals surface area contributed by atoms with Gasteiger partial charge in [0.25, 0.3) is 5.91 Å². The molecule has 0 unspecified atom stereocenters. The van der Waals surface area contributed by atoms with E-state index < -0.39 is 15.9 Å². The Kier molecular flexibility index (Phi) is 6.94. The lowest BCUT2D eigenvalue weighted by molar-refractivity contribution is 0.0934. The molecule has 9 heteroatoms. The summed E-state index contributed by atoms with van der Waals surface area (Å²) in [6, 6.07) is 13.5. The average Bonchev–Trinajstić information content (AvgIpc) is 2.55. The van der Waals surface area contributed by atoms with Crippen molar-refractivity contribution in [2.45, 2.75) is 16.9 Å². The van der Waals surface area contributed by atoms with Crippen LogP contribution in [0, 0.1) is 6.92 Å². The molecule has 0 fully saturated rings. The fraction of sp³-hybridized carbons (Fsp3) is 0.176. The first-order valence-electron chi connectivity index (χ1n) is 7.46. The summed E-state index contributed by atoms with van der Waals surface area (Å²) in [5.41, 5.74) is 1.72. The van der Waals surface area contributed by atoms with E-state index in [9.17, 15) is 9.90 Å². The summed E-state index contributed by atoms with van der Waals surface area (Å²) in [6.45, 7) is 1.87. The van der Waals surface area contributed by atoms with Crippen molar-refractivity contribution in [1.82, 2.24) is 10.6 Å². The van der Waals surface area contributed by atoms with Gasteiger partial charge >= 0.3 is 0 Å². The van der Waals surface area contributed by atoms with Gasteiger partial charge in [0, 0.05) is 5.56 Å². The third-order valence-electron chi connectivity index (χ3n) is 3.31. The van der Waals surface area contributed by atoms with Crippen molar-refractivity contribution in [1.29, 1.82) is 0 Å². The standard InChI is InChI=1S/C17H16Cl3N3O2S/c1-10-5-4-6-11(9-10)14(25)22-15(17(18,19)20)23-16(26)21-12-7-2-3-8-13(12)24/h2-9,15,24H,1H3,(H,22,25)(H2,21,23,26)/t15-/m0/s1. The lowest BCUT2D eigenvalue weighted by Gasteiger charge is -2.28. The first-order valence-corrected chi connectivity index (χ1v) is 9.01. The van der Waals surface area contributed by atoms with Crippen LogP contribution in [0.15, 0.2) is 48.5 Å². The maximum atomic E-state index is 12.4. The number of halogens is 3. The topological polar surface area (TPSA) is 73.4 Å². The molecule has 0 spiro atoms. The van der Waals surface area contributed by atoms with Crippen molar-refractivity contribution in [2.75, 3.05) is 5.32 Å². The minimum Gasteiger partial charge on any atom is -0.506 e. The molecule has 2 aromatic carbocycles. The van der Waals surface area contributed by atoms with Gasteiger partial charge in [-0.25, -0.2) is 0 Å². The van der Waals surface area contributed by atoms with Crippen LogP contribution in [-0.2, 0) is 0 Å². The van der Waals surface area contributed by atoms with Crippen LogP contribution < -0.4 is 16.0 Å². The number of benzene rings is 2. The minimum atomic E-state index is -1.87. The van der Waals surface area contributed by atoms with Crippen LogP contribution in [0.2, 0.25) is 0 Å². The number of phenols is 1. The van der Waals surface area contributed by atoms with Gasteiger partial charge in [-0.3, -0.25) is 4.79 Å². The van der Waals surface area contributed by atoms with E-state index >= 15 is 0 Å². The van der Waals surface area contributed by atoms with Crippen molar-refractivity contribution < 1.29 is 9.90 Å². The lowest BCUT2D eigenvalue weighted by atomic mass is 10.1. The third-order valence-corrected chi connectivity index (χ3v) is 4.19. The third kappa shape index (κ3) is 5.92. The number of aryl methyl sites for hydroxylation is 1. The number of rotatable bonds is 4. The van der Waals surface area contributed by atoms with Gasteiger partial charge in [0.05, 0.1) is 5.69 Å². The number of anilines is 1. The average molecular weight is 433 g/mol. The fourth-order valence-electron chi connectivity index (χ4n) is 2.07. The van der Waals surface area contributed by atoms with E-state index in [1.165, 1.54) is 6.07 Å². The Morgan fingerprint density at radius 3 is 2.42 bits per heavy atom. The highest BCUT2D eigenvalue weighted by Crippen LogP contribution is 2.29. The van der Waals surface area contributed by atoms with Crippen molar-refractivity contribution in [3.05, 3.63) is 59.7 Å². The van der Waals surface area contributed by atoms with E-state index in [-0.39, 0.29) is 10.9 Å². The van der Waals surface area contributed by atoms with E-state index in [1.807, 2.05) is 13.0 Å². The normalized spacial score (nSPS) is 12.2. The van der Waals surface area contributed by atoms with Gasteiger partial charge < -0.3 is 21.1 Å². The zero-order chi connectivity index (χ0) is 19.3. The van der Waals surface area contributed by atoms with Crippen molar-refractivity contribution in [3.63, 3.8) is 0 Å². The largest absolute Gasteiger partial charge is 0.506 e. The van der Waals surface area contributed by atoms with Gasteiger partial charge in [0.15, 0.2) is 5.11 Å². The highest BCUT2D eigenvalue weighted by atomic mass is 35.6. The molecular formula is C17H16Cl3N3O2S. The Morgan fingerprint density at radius 2 is 1.81 bits per heavy atom. The molecule has 0 aromatic heterocycles. The van der Waals surface area contributed by atoms with Crippen LogP contribution in [0.25, 0.3) is 0 Å². The zero-order valence-corrected chi connectivity index (χ0v) is 16.7. The molecule has 26 heavy (non-hydrogen) atoms. The Morgan fingerprint density at radius 1 is 1.12 bits per heavy atom. The maximum absolute atomic E-state index is 12.4. The molecule has 0 aliphatic rings. The number of alkyl halides is 3. The quantitative estimate of drug-likeness (QED) is 0.253. The second-order valence-electron chi connectivity index (χ2n) is 5.43. The predicted molar refractivity (Wildman–Crippen MR) is 110 cm³/mol. The first-order chi connectivity index (χ1) is 12.2. The molecule has 0 aliphatic heterocycles.